The SMILES string of the molecule is CC(C)C1(C(C)C)CCN(S(C)(=O)=O)CC1. The predicted octanol–water partition coefficient (Wildman–Crippen LogP) is 2.34. The van der Waals surface area contributed by atoms with E-state index in [1.54, 1.807) is 4.31 Å². The summed E-state index contributed by atoms with van der Waals surface area (Å²) in [5, 5.41) is 0. The predicted molar refractivity (Wildman–Crippen MR) is 67.8 cm³/mol. The molecule has 0 aromatic carbocycles. The first-order chi connectivity index (χ1) is 7.20. The second-order valence-corrected chi connectivity index (χ2v) is 7.69. The van der Waals surface area contributed by atoms with E-state index in [-0.39, 0.29) is 0 Å². The molecule has 1 heterocycles. The fourth-order valence-corrected chi connectivity index (χ4v) is 3.90. The Morgan fingerprint density at radius 2 is 1.38 bits per heavy atom. The molecule has 0 bridgehead atoms. The first kappa shape index (κ1) is 14.0. The number of nitrogens with zero attached hydrogens (tertiary/aromatic N) is 1. The molecule has 16 heavy (non-hydrogen) atoms. The maximum Gasteiger partial charge on any atom is 0.211 e. The molecule has 0 aromatic heterocycles. The molecule has 1 saturated heterocycles. The van der Waals surface area contributed by atoms with Crippen molar-refractivity contribution in [2.45, 2.75) is 40.5 Å². The maximum atomic E-state index is 11.5. The number of rotatable bonds is 3. The lowest BCUT2D eigenvalue weighted by molar-refractivity contribution is 0.0441. The molecule has 1 aliphatic rings. The summed E-state index contributed by atoms with van der Waals surface area (Å²) in [5.74, 6) is 1.24. The van der Waals surface area contributed by atoms with Gasteiger partial charge in [0, 0.05) is 13.1 Å². The summed E-state index contributed by atoms with van der Waals surface area (Å²) < 4.78 is 24.5. The van der Waals surface area contributed by atoms with Gasteiger partial charge in [-0.2, -0.15) is 0 Å². The van der Waals surface area contributed by atoms with E-state index < -0.39 is 10.0 Å². The van der Waals surface area contributed by atoms with Crippen LogP contribution >= 0.6 is 0 Å². The lowest BCUT2D eigenvalue weighted by Crippen LogP contribution is -2.47. The molecular weight excluding hydrogens is 222 g/mol. The Balaban J connectivity index is 2.79. The van der Waals surface area contributed by atoms with Gasteiger partial charge in [-0.1, -0.05) is 27.7 Å². The fourth-order valence-electron chi connectivity index (χ4n) is 3.06. The van der Waals surface area contributed by atoms with E-state index in [9.17, 15) is 8.42 Å². The van der Waals surface area contributed by atoms with E-state index in [0.29, 0.717) is 30.3 Å². The van der Waals surface area contributed by atoms with E-state index >= 15 is 0 Å². The zero-order valence-electron chi connectivity index (χ0n) is 11.2. The fraction of sp³-hybridized carbons (Fsp3) is 1.00. The van der Waals surface area contributed by atoms with E-state index in [4.69, 9.17) is 0 Å². The number of hydrogen-bond acceptors (Lipinski definition) is 2. The van der Waals surface area contributed by atoms with Crippen molar-refractivity contribution in [2.24, 2.45) is 17.3 Å². The molecule has 0 N–H and O–H groups in total. The third-order valence-corrected chi connectivity index (χ3v) is 5.73. The Bertz CT molecular complexity index is 315. The summed E-state index contributed by atoms with van der Waals surface area (Å²) >= 11 is 0. The molecule has 1 rings (SSSR count). The largest absolute Gasteiger partial charge is 0.213 e. The molecule has 0 atom stereocenters. The first-order valence-electron chi connectivity index (χ1n) is 6.15. The summed E-state index contributed by atoms with van der Waals surface area (Å²) in [6.07, 6.45) is 3.30. The van der Waals surface area contributed by atoms with Gasteiger partial charge in [0.25, 0.3) is 0 Å². The number of sulfonamides is 1. The molecule has 0 radical (unpaired) electrons. The van der Waals surface area contributed by atoms with Crippen LogP contribution in [0.1, 0.15) is 40.5 Å². The van der Waals surface area contributed by atoms with Crippen LogP contribution in [-0.4, -0.2) is 32.1 Å². The van der Waals surface area contributed by atoms with Gasteiger partial charge in [0.15, 0.2) is 0 Å². The zero-order valence-corrected chi connectivity index (χ0v) is 12.0. The van der Waals surface area contributed by atoms with Crippen molar-refractivity contribution >= 4 is 10.0 Å². The lowest BCUT2D eigenvalue weighted by atomic mass is 9.63. The molecule has 1 fully saturated rings. The summed E-state index contributed by atoms with van der Waals surface area (Å²) in [6.45, 7) is 10.4. The molecule has 4 heteroatoms. The summed E-state index contributed by atoms with van der Waals surface area (Å²) in [6, 6.07) is 0. The Morgan fingerprint density at radius 1 is 1.00 bits per heavy atom. The van der Waals surface area contributed by atoms with E-state index in [2.05, 4.69) is 27.7 Å². The van der Waals surface area contributed by atoms with Gasteiger partial charge in [-0.25, -0.2) is 12.7 Å². The Morgan fingerprint density at radius 3 is 1.62 bits per heavy atom. The molecule has 0 aliphatic carbocycles. The van der Waals surface area contributed by atoms with Gasteiger partial charge in [-0.15, -0.1) is 0 Å². The highest BCUT2D eigenvalue weighted by Crippen LogP contribution is 2.45. The second kappa shape index (κ2) is 4.65. The Hall–Kier alpha value is -0.0900. The number of piperidine rings is 1. The molecule has 0 saturated carbocycles. The van der Waals surface area contributed by atoms with Crippen LogP contribution in [0, 0.1) is 17.3 Å². The average Bonchev–Trinajstić information content (AvgIpc) is 2.15. The van der Waals surface area contributed by atoms with E-state index in [0.717, 1.165) is 12.8 Å². The molecule has 3 nitrogen and oxygen atoms in total. The van der Waals surface area contributed by atoms with Crippen molar-refractivity contribution < 1.29 is 8.42 Å². The van der Waals surface area contributed by atoms with Gasteiger partial charge in [-0.3, -0.25) is 0 Å². The van der Waals surface area contributed by atoms with Crippen LogP contribution in [-0.2, 0) is 10.0 Å². The van der Waals surface area contributed by atoms with Gasteiger partial charge in [0.2, 0.25) is 10.0 Å². The van der Waals surface area contributed by atoms with Gasteiger partial charge >= 0.3 is 0 Å². The molecule has 0 unspecified atom stereocenters. The van der Waals surface area contributed by atoms with Crippen molar-refractivity contribution in [3.8, 4) is 0 Å². The molecule has 0 amide bonds. The smallest absolute Gasteiger partial charge is 0.211 e. The third kappa shape index (κ3) is 2.59. The topological polar surface area (TPSA) is 37.4 Å². The minimum Gasteiger partial charge on any atom is -0.213 e. The van der Waals surface area contributed by atoms with Crippen LogP contribution in [0.4, 0.5) is 0 Å². The first-order valence-corrected chi connectivity index (χ1v) is 8.00. The van der Waals surface area contributed by atoms with Crippen LogP contribution in [0.2, 0.25) is 0 Å². The summed E-state index contributed by atoms with van der Waals surface area (Å²) in [4.78, 5) is 0. The van der Waals surface area contributed by atoms with Crippen LogP contribution in [0.5, 0.6) is 0 Å². The number of hydrogen-bond donors (Lipinski definition) is 0. The minimum atomic E-state index is -2.99. The van der Waals surface area contributed by atoms with Crippen molar-refractivity contribution in [1.82, 2.24) is 4.31 Å². The normalized spacial score (nSPS) is 22.9. The van der Waals surface area contributed by atoms with Crippen LogP contribution in [0.15, 0.2) is 0 Å². The molecular formula is C12H25NO2S. The van der Waals surface area contributed by atoms with E-state index in [1.807, 2.05) is 0 Å². The van der Waals surface area contributed by atoms with Gasteiger partial charge in [-0.05, 0) is 30.1 Å². The van der Waals surface area contributed by atoms with Gasteiger partial charge < -0.3 is 0 Å². The highest BCUT2D eigenvalue weighted by molar-refractivity contribution is 7.88. The highest BCUT2D eigenvalue weighted by Gasteiger charge is 2.41. The quantitative estimate of drug-likeness (QED) is 0.767. The average molecular weight is 247 g/mol. The standard InChI is InChI=1S/C12H25NO2S/c1-10(2)12(11(3)4)6-8-13(9-7-12)16(5,14)15/h10-11H,6-9H2,1-5H3. The van der Waals surface area contributed by atoms with Gasteiger partial charge in [0.05, 0.1) is 6.26 Å². The Labute approximate surface area is 100 Å². The van der Waals surface area contributed by atoms with Crippen LogP contribution < -0.4 is 0 Å². The highest BCUT2D eigenvalue weighted by atomic mass is 32.2. The maximum absolute atomic E-state index is 11.5. The van der Waals surface area contributed by atoms with Crippen LogP contribution in [0.3, 0.4) is 0 Å². The molecule has 0 spiro atoms. The summed E-state index contributed by atoms with van der Waals surface area (Å²) in [5.41, 5.74) is 0.321. The molecule has 1 aliphatic heterocycles. The summed E-state index contributed by atoms with van der Waals surface area (Å²) in [7, 11) is -2.99. The van der Waals surface area contributed by atoms with Crippen molar-refractivity contribution in [3.05, 3.63) is 0 Å². The van der Waals surface area contributed by atoms with E-state index in [1.165, 1.54) is 6.26 Å². The van der Waals surface area contributed by atoms with Crippen molar-refractivity contribution in [2.75, 3.05) is 19.3 Å². The third-order valence-electron chi connectivity index (χ3n) is 4.42. The second-order valence-electron chi connectivity index (χ2n) is 5.70. The zero-order chi connectivity index (χ0) is 12.6. The molecule has 0 aromatic rings. The van der Waals surface area contributed by atoms with Crippen molar-refractivity contribution in [3.63, 3.8) is 0 Å². The molecule has 96 valence electrons. The van der Waals surface area contributed by atoms with Crippen LogP contribution in [0.25, 0.3) is 0 Å². The monoisotopic (exact) mass is 247 g/mol. The van der Waals surface area contributed by atoms with Gasteiger partial charge in [0.1, 0.15) is 0 Å². The lowest BCUT2D eigenvalue weighted by Gasteiger charge is -2.47. The Kier molecular flexibility index (Phi) is 4.06. The van der Waals surface area contributed by atoms with Crippen molar-refractivity contribution in [1.29, 1.82) is 0 Å². The minimum absolute atomic E-state index is 0.321.